The van der Waals surface area contributed by atoms with Crippen LogP contribution in [0.4, 0.5) is 11.4 Å². The van der Waals surface area contributed by atoms with E-state index >= 15 is 0 Å². The van der Waals surface area contributed by atoms with Crippen LogP contribution in [0.25, 0.3) is 0 Å². The minimum Gasteiger partial charge on any atom is -0.379 e. The first-order valence-corrected chi connectivity index (χ1v) is 15.9. The normalized spacial score (nSPS) is 23.9. The number of methoxy groups -OCH3 is 1. The van der Waals surface area contributed by atoms with Crippen LogP contribution in [0.5, 0.6) is 0 Å². The lowest BCUT2D eigenvalue weighted by atomic mass is 9.92. The summed E-state index contributed by atoms with van der Waals surface area (Å²) in [4.78, 5) is 34.0. The number of likely N-dealkylation sites (N-methyl/N-ethyl adjacent to an activating group) is 1. The Kier molecular flexibility index (Phi) is 9.90. The molecule has 4 aliphatic heterocycles. The Balaban J connectivity index is 1.01. The fraction of sp³-hybridized carbons (Fsp3) is 0.471. The van der Waals surface area contributed by atoms with Gasteiger partial charge in [0.25, 0.3) is 0 Å². The molecule has 2 aromatic rings. The number of amides is 1. The largest absolute Gasteiger partial charge is 0.379 e. The number of allylic oxidation sites excluding steroid dienone is 1. The number of morpholine rings is 1. The molecule has 3 N–H and O–H groups in total. The van der Waals surface area contributed by atoms with Crippen molar-refractivity contribution >= 4 is 29.3 Å². The number of nitrogens with zero attached hydrogens (tertiary/aromatic N) is 6. The molecule has 1 amide bonds. The zero-order chi connectivity index (χ0) is 32.1. The smallest absolute Gasteiger partial charge is 0.230 e. The third-order valence-electron chi connectivity index (χ3n) is 8.77. The summed E-state index contributed by atoms with van der Waals surface area (Å²) in [6, 6.07) is 12.1. The molecule has 0 saturated carbocycles. The first-order chi connectivity index (χ1) is 22.3. The summed E-state index contributed by atoms with van der Waals surface area (Å²) in [6.45, 7) is 7.82. The second-order valence-corrected chi connectivity index (χ2v) is 12.6. The Morgan fingerprint density at radius 1 is 1.22 bits per heavy atom. The summed E-state index contributed by atoms with van der Waals surface area (Å²) in [5.74, 6) is 0.692. The molecule has 12 heteroatoms. The number of dihydropyridines is 1. The van der Waals surface area contributed by atoms with Gasteiger partial charge in [-0.05, 0) is 69.6 Å². The van der Waals surface area contributed by atoms with E-state index in [0.717, 1.165) is 66.9 Å². The van der Waals surface area contributed by atoms with E-state index in [4.69, 9.17) is 19.5 Å². The standard InChI is InChI=1S/C34H45N9O3/c1-34-29(12-14-36-33(34)42-16-18-46-19-17-42)39-32(40-34)24-7-9-25(10-8-24)37-30(44)21-26-20-28(11-13-35-26)43-22-27(23-43)38-31(45-4)6-5-15-41(2)3/h5-14,20,27,31,33,38H,15-19,21-23H2,1-4H3,(H,37,44)(H,39,40)/b6-5+. The summed E-state index contributed by atoms with van der Waals surface area (Å²) >= 11 is 0. The number of anilines is 2. The van der Waals surface area contributed by atoms with Crippen LogP contribution in [-0.2, 0) is 20.7 Å². The summed E-state index contributed by atoms with van der Waals surface area (Å²) in [5, 5.41) is 10.1. The summed E-state index contributed by atoms with van der Waals surface area (Å²) in [6.07, 6.45) is 9.81. The number of benzene rings is 1. The van der Waals surface area contributed by atoms with Gasteiger partial charge < -0.3 is 29.9 Å². The van der Waals surface area contributed by atoms with E-state index in [1.807, 2.05) is 62.8 Å². The molecule has 1 aromatic carbocycles. The van der Waals surface area contributed by atoms with Gasteiger partial charge in [0.15, 0.2) is 0 Å². The van der Waals surface area contributed by atoms with E-state index in [0.29, 0.717) is 19.3 Å². The van der Waals surface area contributed by atoms with E-state index in [9.17, 15) is 4.79 Å². The first-order valence-electron chi connectivity index (χ1n) is 15.9. The van der Waals surface area contributed by atoms with Crippen molar-refractivity contribution in [3.63, 3.8) is 0 Å². The molecule has 3 unspecified atom stereocenters. The van der Waals surface area contributed by atoms with Crippen molar-refractivity contribution in [1.82, 2.24) is 25.4 Å². The molecule has 4 aliphatic rings. The zero-order valence-corrected chi connectivity index (χ0v) is 27.1. The number of carbonyl (C=O) groups excluding carboxylic acids is 1. The molecule has 12 nitrogen and oxygen atoms in total. The number of aliphatic imine (C=N–C) groups is 2. The monoisotopic (exact) mass is 627 g/mol. The lowest BCUT2D eigenvalue weighted by Gasteiger charge is -2.42. The van der Waals surface area contributed by atoms with E-state index in [1.54, 1.807) is 13.3 Å². The zero-order valence-electron chi connectivity index (χ0n) is 27.1. The van der Waals surface area contributed by atoms with Gasteiger partial charge in [0.2, 0.25) is 5.91 Å². The third-order valence-corrected chi connectivity index (χ3v) is 8.77. The van der Waals surface area contributed by atoms with Crippen molar-refractivity contribution in [3.05, 3.63) is 77.8 Å². The Morgan fingerprint density at radius 2 is 2.00 bits per heavy atom. The molecule has 0 aliphatic carbocycles. The molecule has 244 valence electrons. The fourth-order valence-corrected chi connectivity index (χ4v) is 6.20. The van der Waals surface area contributed by atoms with Crippen molar-refractivity contribution < 1.29 is 14.3 Å². The van der Waals surface area contributed by atoms with Crippen molar-refractivity contribution in [3.8, 4) is 0 Å². The summed E-state index contributed by atoms with van der Waals surface area (Å²) < 4.78 is 11.1. The highest BCUT2D eigenvalue weighted by Gasteiger charge is 2.46. The Bertz CT molecular complexity index is 1490. The molecule has 6 rings (SSSR count). The van der Waals surface area contributed by atoms with Gasteiger partial charge in [-0.2, -0.15) is 0 Å². The summed E-state index contributed by atoms with van der Waals surface area (Å²) in [5.41, 5.74) is 4.03. The van der Waals surface area contributed by atoms with Crippen molar-refractivity contribution in [2.75, 3.05) is 77.4 Å². The lowest BCUT2D eigenvalue weighted by molar-refractivity contribution is -0.115. The van der Waals surface area contributed by atoms with Gasteiger partial charge in [0, 0.05) is 80.9 Å². The molecule has 5 heterocycles. The number of ether oxygens (including phenoxy) is 2. The second-order valence-electron chi connectivity index (χ2n) is 12.6. The first kappa shape index (κ1) is 32.0. The SMILES string of the molecule is COC(/C=C/CN(C)C)NC1CN(c2ccnc(CC(=O)Nc3ccc(C4=NC5(C)C(=CC=NC5N5CCOCC5)N4)cc3)c2)C1. The van der Waals surface area contributed by atoms with E-state index in [-0.39, 0.29) is 24.7 Å². The van der Waals surface area contributed by atoms with Gasteiger partial charge in [0.1, 0.15) is 23.8 Å². The highest BCUT2D eigenvalue weighted by Crippen LogP contribution is 2.35. The van der Waals surface area contributed by atoms with E-state index < -0.39 is 5.54 Å². The molecule has 2 fully saturated rings. The van der Waals surface area contributed by atoms with Crippen LogP contribution in [0.15, 0.2) is 76.5 Å². The third kappa shape index (κ3) is 7.37. The van der Waals surface area contributed by atoms with Crippen LogP contribution in [0, 0.1) is 0 Å². The number of hydrogen-bond donors (Lipinski definition) is 3. The number of rotatable bonds is 12. The van der Waals surface area contributed by atoms with Crippen LogP contribution in [0.3, 0.4) is 0 Å². The van der Waals surface area contributed by atoms with Gasteiger partial charge in [-0.25, -0.2) is 0 Å². The van der Waals surface area contributed by atoms with Crippen molar-refractivity contribution in [2.24, 2.45) is 9.98 Å². The number of hydrogen-bond acceptors (Lipinski definition) is 11. The lowest BCUT2D eigenvalue weighted by Crippen LogP contribution is -2.60. The highest BCUT2D eigenvalue weighted by atomic mass is 16.5. The topological polar surface area (TPSA) is 119 Å². The molecule has 0 radical (unpaired) electrons. The summed E-state index contributed by atoms with van der Waals surface area (Å²) in [7, 11) is 5.79. The Labute approximate surface area is 271 Å². The predicted octanol–water partition coefficient (Wildman–Crippen LogP) is 1.87. The maximum absolute atomic E-state index is 13.0. The molecule has 2 saturated heterocycles. The number of fused-ring (bicyclic) bond motifs is 1. The fourth-order valence-electron chi connectivity index (χ4n) is 6.20. The number of nitrogens with one attached hydrogen (secondary N) is 3. The molecular formula is C34H45N9O3. The molecule has 0 bridgehead atoms. The van der Waals surface area contributed by atoms with Crippen LogP contribution >= 0.6 is 0 Å². The highest BCUT2D eigenvalue weighted by molar-refractivity contribution is 6.03. The maximum Gasteiger partial charge on any atom is 0.230 e. The predicted molar refractivity (Wildman–Crippen MR) is 181 cm³/mol. The maximum atomic E-state index is 13.0. The van der Waals surface area contributed by atoms with E-state index in [2.05, 4.69) is 54.7 Å². The van der Waals surface area contributed by atoms with Crippen LogP contribution in [0.2, 0.25) is 0 Å². The van der Waals surface area contributed by atoms with Crippen LogP contribution < -0.4 is 20.9 Å². The minimum absolute atomic E-state index is 0.0743. The van der Waals surface area contributed by atoms with Crippen LogP contribution in [-0.4, -0.2) is 124 Å². The van der Waals surface area contributed by atoms with Gasteiger partial charge in [-0.3, -0.25) is 30.0 Å². The minimum atomic E-state index is -0.487. The van der Waals surface area contributed by atoms with Gasteiger partial charge >= 0.3 is 0 Å². The molecule has 0 spiro atoms. The van der Waals surface area contributed by atoms with Gasteiger partial charge in [0.05, 0.1) is 25.3 Å². The quantitative estimate of drug-likeness (QED) is 0.239. The number of aromatic nitrogens is 1. The van der Waals surface area contributed by atoms with Gasteiger partial charge in [-0.15, -0.1) is 0 Å². The second kappa shape index (κ2) is 14.2. The van der Waals surface area contributed by atoms with E-state index in [1.165, 1.54) is 0 Å². The number of carbonyl (C=O) groups is 1. The Morgan fingerprint density at radius 3 is 2.74 bits per heavy atom. The molecule has 46 heavy (non-hydrogen) atoms. The van der Waals surface area contributed by atoms with Gasteiger partial charge in [-0.1, -0.05) is 6.08 Å². The number of pyridine rings is 1. The number of amidine groups is 1. The average Bonchev–Trinajstić information content (AvgIpc) is 3.39. The Hall–Kier alpha value is -3.94. The van der Waals surface area contributed by atoms with Crippen molar-refractivity contribution in [2.45, 2.75) is 37.3 Å². The average molecular weight is 628 g/mol. The van der Waals surface area contributed by atoms with Crippen LogP contribution in [0.1, 0.15) is 18.2 Å². The van der Waals surface area contributed by atoms with Crippen molar-refractivity contribution in [1.29, 1.82) is 0 Å². The molecule has 3 atom stereocenters. The molecular weight excluding hydrogens is 582 g/mol. The molecule has 1 aromatic heterocycles.